The number of esters is 1. The average molecular weight is 270 g/mol. The molecule has 11 heavy (non-hydrogen) atoms. The van der Waals surface area contributed by atoms with Crippen molar-refractivity contribution in [1.29, 1.82) is 0 Å². The lowest BCUT2D eigenvalue weighted by Gasteiger charge is -1.94. The Bertz CT molecular complexity index is 175. The van der Waals surface area contributed by atoms with Gasteiger partial charge in [-0.25, -0.2) is 9.59 Å². The van der Waals surface area contributed by atoms with Gasteiger partial charge in [0.25, 0.3) is 0 Å². The normalized spacial score (nSPS) is 9.91. The first-order valence-corrected chi connectivity index (χ1v) is 4.33. The van der Waals surface area contributed by atoms with Gasteiger partial charge in [0, 0.05) is 16.6 Å². The molecule has 0 spiro atoms. The molecule has 0 unspecified atom stereocenters. The minimum absolute atomic E-state index is 0.309. The molecule has 0 saturated heterocycles. The van der Waals surface area contributed by atoms with E-state index in [1.54, 1.807) is 0 Å². The highest BCUT2D eigenvalue weighted by Crippen LogP contribution is 1.85. The van der Waals surface area contributed by atoms with Crippen LogP contribution >= 0.6 is 22.6 Å². The van der Waals surface area contributed by atoms with E-state index in [0.717, 1.165) is 12.2 Å². The van der Waals surface area contributed by atoms with Crippen molar-refractivity contribution in [1.82, 2.24) is 0 Å². The summed E-state index contributed by atoms with van der Waals surface area (Å²) in [6.45, 7) is 0.309. The molecule has 0 aliphatic heterocycles. The van der Waals surface area contributed by atoms with E-state index < -0.39 is 11.9 Å². The van der Waals surface area contributed by atoms with Crippen LogP contribution in [0.4, 0.5) is 0 Å². The number of carbonyl (C=O) groups is 2. The van der Waals surface area contributed by atoms with Crippen LogP contribution in [-0.2, 0) is 14.3 Å². The highest BCUT2D eigenvalue weighted by Gasteiger charge is 1.95. The SMILES string of the molecule is O=C(O)/C=C/C(=O)OCCI. The lowest BCUT2D eigenvalue weighted by molar-refractivity contribution is -0.138. The van der Waals surface area contributed by atoms with Crippen LogP contribution in [0.3, 0.4) is 0 Å². The number of carbonyl (C=O) groups excluding carboxylic acids is 1. The molecule has 0 atom stereocenters. The quantitative estimate of drug-likeness (QED) is 0.352. The first kappa shape index (κ1) is 10.4. The van der Waals surface area contributed by atoms with Gasteiger partial charge < -0.3 is 9.84 Å². The van der Waals surface area contributed by atoms with Crippen LogP contribution < -0.4 is 0 Å². The van der Waals surface area contributed by atoms with E-state index >= 15 is 0 Å². The molecule has 0 heterocycles. The third-order valence-electron chi connectivity index (χ3n) is 0.683. The minimum Gasteiger partial charge on any atom is -0.478 e. The van der Waals surface area contributed by atoms with Gasteiger partial charge in [-0.3, -0.25) is 0 Å². The molecule has 0 rings (SSSR count). The van der Waals surface area contributed by atoms with Gasteiger partial charge in [0.1, 0.15) is 6.61 Å². The lowest BCUT2D eigenvalue weighted by atomic mass is 10.5. The van der Waals surface area contributed by atoms with Crippen molar-refractivity contribution in [3.8, 4) is 0 Å². The number of carboxylic acids is 1. The Balaban J connectivity index is 3.60. The van der Waals surface area contributed by atoms with Gasteiger partial charge >= 0.3 is 11.9 Å². The molecule has 0 amide bonds. The molecule has 0 radical (unpaired) electrons. The van der Waals surface area contributed by atoms with Crippen molar-refractivity contribution >= 4 is 34.5 Å². The molecule has 5 heteroatoms. The maximum absolute atomic E-state index is 10.5. The van der Waals surface area contributed by atoms with Crippen molar-refractivity contribution < 1.29 is 19.4 Å². The predicted octanol–water partition coefficient (Wildman–Crippen LogP) is 0.605. The van der Waals surface area contributed by atoms with Gasteiger partial charge in [0.2, 0.25) is 0 Å². The molecule has 0 aromatic heterocycles. The summed E-state index contributed by atoms with van der Waals surface area (Å²) in [6, 6.07) is 0. The monoisotopic (exact) mass is 270 g/mol. The van der Waals surface area contributed by atoms with E-state index in [9.17, 15) is 9.59 Å². The maximum atomic E-state index is 10.5. The van der Waals surface area contributed by atoms with E-state index in [4.69, 9.17) is 5.11 Å². The summed E-state index contributed by atoms with van der Waals surface area (Å²) in [7, 11) is 0. The number of rotatable bonds is 4. The third-order valence-corrected chi connectivity index (χ3v) is 1.12. The topological polar surface area (TPSA) is 63.6 Å². The number of carboxylic acid groups (broad SMARTS) is 1. The number of hydrogen-bond acceptors (Lipinski definition) is 3. The zero-order chi connectivity index (χ0) is 8.69. The molecule has 1 N–H and O–H groups in total. The summed E-state index contributed by atoms with van der Waals surface area (Å²) in [5.41, 5.74) is 0. The summed E-state index contributed by atoms with van der Waals surface area (Å²) >= 11 is 2.04. The summed E-state index contributed by atoms with van der Waals surface area (Å²) in [4.78, 5) is 20.4. The smallest absolute Gasteiger partial charge is 0.331 e. The van der Waals surface area contributed by atoms with E-state index in [2.05, 4.69) is 4.74 Å². The molecule has 0 aliphatic rings. The number of alkyl halides is 1. The predicted molar refractivity (Wildman–Crippen MR) is 46.6 cm³/mol. The van der Waals surface area contributed by atoms with Crippen LogP contribution in [0, 0.1) is 0 Å². The molecule has 0 aromatic rings. The minimum atomic E-state index is -1.16. The number of hydrogen-bond donors (Lipinski definition) is 1. The summed E-state index contributed by atoms with van der Waals surface area (Å²) < 4.78 is 5.24. The summed E-state index contributed by atoms with van der Waals surface area (Å²) in [5, 5.41) is 8.09. The average Bonchev–Trinajstić information content (AvgIpc) is 1.97. The van der Waals surface area contributed by atoms with Gasteiger partial charge in [0.15, 0.2) is 0 Å². The summed E-state index contributed by atoms with van der Waals surface area (Å²) in [5.74, 6) is -1.78. The standard InChI is InChI=1S/C6H7IO4/c7-3-4-11-6(10)2-1-5(8)9/h1-2H,3-4H2,(H,8,9)/b2-1+. The molecule has 0 fully saturated rings. The molecular weight excluding hydrogens is 263 g/mol. The molecule has 4 nitrogen and oxygen atoms in total. The van der Waals surface area contributed by atoms with Crippen molar-refractivity contribution in [2.24, 2.45) is 0 Å². The molecule has 0 aliphatic carbocycles. The number of ether oxygens (including phenoxy) is 1. The Morgan fingerprint density at radius 3 is 2.55 bits per heavy atom. The first-order valence-electron chi connectivity index (χ1n) is 2.80. The fourth-order valence-corrected chi connectivity index (χ4v) is 0.547. The van der Waals surface area contributed by atoms with Crippen molar-refractivity contribution in [3.63, 3.8) is 0 Å². The fraction of sp³-hybridized carbons (Fsp3) is 0.333. The Morgan fingerprint density at radius 2 is 2.09 bits per heavy atom. The van der Waals surface area contributed by atoms with Crippen molar-refractivity contribution in [2.45, 2.75) is 0 Å². The van der Waals surface area contributed by atoms with Gasteiger partial charge in [-0.2, -0.15) is 0 Å². The second-order valence-electron chi connectivity index (χ2n) is 1.53. The van der Waals surface area contributed by atoms with Crippen LogP contribution in [0.5, 0.6) is 0 Å². The van der Waals surface area contributed by atoms with E-state index in [0.29, 0.717) is 11.0 Å². The van der Waals surface area contributed by atoms with Crippen molar-refractivity contribution in [2.75, 3.05) is 11.0 Å². The largest absolute Gasteiger partial charge is 0.478 e. The lowest BCUT2D eigenvalue weighted by Crippen LogP contribution is -2.03. The van der Waals surface area contributed by atoms with Crippen molar-refractivity contribution in [3.05, 3.63) is 12.2 Å². The Kier molecular flexibility index (Phi) is 5.81. The number of halogens is 1. The third kappa shape index (κ3) is 7.31. The highest BCUT2D eigenvalue weighted by atomic mass is 127. The number of aliphatic carboxylic acids is 1. The van der Waals surface area contributed by atoms with Crippen LogP contribution in [0.25, 0.3) is 0 Å². The highest BCUT2D eigenvalue weighted by molar-refractivity contribution is 14.1. The fourth-order valence-electron chi connectivity index (χ4n) is 0.327. The van der Waals surface area contributed by atoms with Crippen LogP contribution in [0.15, 0.2) is 12.2 Å². The van der Waals surface area contributed by atoms with Gasteiger partial charge in [-0.15, -0.1) is 0 Å². The van der Waals surface area contributed by atoms with Gasteiger partial charge in [-0.05, 0) is 0 Å². The first-order chi connectivity index (χ1) is 5.16. The van der Waals surface area contributed by atoms with Gasteiger partial charge in [-0.1, -0.05) is 22.6 Å². The molecular formula is C6H7IO4. The second kappa shape index (κ2) is 6.14. The van der Waals surface area contributed by atoms with E-state index in [1.807, 2.05) is 22.6 Å². The second-order valence-corrected chi connectivity index (χ2v) is 2.61. The molecule has 62 valence electrons. The van der Waals surface area contributed by atoms with Gasteiger partial charge in [0.05, 0.1) is 0 Å². The van der Waals surface area contributed by atoms with E-state index in [1.165, 1.54) is 0 Å². The zero-order valence-electron chi connectivity index (χ0n) is 5.62. The Hall–Kier alpha value is -0.590. The molecule has 0 aromatic carbocycles. The maximum Gasteiger partial charge on any atom is 0.331 e. The zero-order valence-corrected chi connectivity index (χ0v) is 7.78. The van der Waals surface area contributed by atoms with E-state index in [-0.39, 0.29) is 0 Å². The Labute approximate surface area is 77.4 Å². The van der Waals surface area contributed by atoms with Crippen LogP contribution in [0.1, 0.15) is 0 Å². The van der Waals surface area contributed by atoms with Crippen LogP contribution in [0.2, 0.25) is 0 Å². The molecule has 0 bridgehead atoms. The van der Waals surface area contributed by atoms with Crippen LogP contribution in [-0.4, -0.2) is 28.1 Å². The Morgan fingerprint density at radius 1 is 1.45 bits per heavy atom. The summed E-state index contributed by atoms with van der Waals surface area (Å²) in [6.07, 6.45) is 1.63. The molecule has 0 saturated carbocycles.